The Morgan fingerprint density at radius 1 is 0.524 bits per heavy atom. The van der Waals surface area contributed by atoms with Crippen molar-refractivity contribution in [2.24, 2.45) is 0 Å². The van der Waals surface area contributed by atoms with Gasteiger partial charge in [-0.1, -0.05) is 77.9 Å². The number of aromatic nitrogens is 3. The van der Waals surface area contributed by atoms with Crippen molar-refractivity contribution in [3.05, 3.63) is 163 Å². The van der Waals surface area contributed by atoms with Crippen molar-refractivity contribution in [2.45, 2.75) is 0 Å². The normalized spacial score (nSPS) is 9.67. The van der Waals surface area contributed by atoms with E-state index in [0.717, 1.165) is 24.3 Å². The maximum absolute atomic E-state index is 13.2. The Balaban J connectivity index is 0.000000168. The van der Waals surface area contributed by atoms with Gasteiger partial charge in [-0.05, 0) is 46.8 Å². The smallest absolute Gasteiger partial charge is 0.0273 e. The van der Waals surface area contributed by atoms with Crippen LogP contribution in [0.15, 0.2) is 128 Å². The molecule has 0 N–H and O–H groups in total. The molecule has 0 saturated carbocycles. The van der Waals surface area contributed by atoms with Crippen LogP contribution in [0.2, 0.25) is 0 Å². The van der Waals surface area contributed by atoms with Gasteiger partial charge < -0.3 is 9.97 Å². The molecule has 3 nitrogen and oxygen atoms in total. The van der Waals surface area contributed by atoms with E-state index >= 15 is 0 Å². The molecule has 0 atom stereocenters. The average molecular weight is 763 g/mol. The summed E-state index contributed by atoms with van der Waals surface area (Å²) < 4.78 is 51.6. The summed E-state index contributed by atoms with van der Waals surface area (Å²) in [6.07, 6.45) is 6.71. The number of hydrogen-bond acceptors (Lipinski definition) is 3. The van der Waals surface area contributed by atoms with Gasteiger partial charge in [-0.2, -0.15) is 0 Å². The van der Waals surface area contributed by atoms with E-state index < -0.39 is 23.3 Å². The Bertz CT molecular complexity index is 1510. The van der Waals surface area contributed by atoms with E-state index in [9.17, 15) is 17.6 Å². The van der Waals surface area contributed by atoms with Crippen molar-refractivity contribution in [1.82, 2.24) is 15.0 Å². The zero-order chi connectivity index (χ0) is 30.2. The molecular weight excluding hydrogens is 742 g/mol. The van der Waals surface area contributed by atoms with Crippen molar-refractivity contribution in [3.8, 4) is 33.6 Å². The first-order chi connectivity index (χ1) is 20.5. The summed E-state index contributed by atoms with van der Waals surface area (Å²) in [5.74, 6) is -2.57. The van der Waals surface area contributed by atoms with Crippen molar-refractivity contribution >= 4 is 9.58 Å². The van der Waals surface area contributed by atoms with Crippen LogP contribution in [0.3, 0.4) is 0 Å². The largest absolute Gasteiger partial charge is 0.265 e. The van der Waals surface area contributed by atoms with Crippen molar-refractivity contribution in [2.75, 3.05) is 0 Å². The van der Waals surface area contributed by atoms with Crippen LogP contribution in [0.5, 0.6) is 0 Å². The molecular formula is C33H21ClF4IrN3. The molecule has 0 spiro atoms. The molecule has 0 radical (unpaired) electrons. The fraction of sp³-hybridized carbons (Fsp3) is 0. The van der Waals surface area contributed by atoms with Crippen LogP contribution in [0, 0.1) is 35.4 Å². The summed E-state index contributed by atoms with van der Waals surface area (Å²) in [6, 6.07) is 33.4. The molecule has 6 aromatic rings. The predicted molar refractivity (Wildman–Crippen MR) is 152 cm³/mol. The van der Waals surface area contributed by atoms with Crippen LogP contribution < -0.4 is 0 Å². The Kier molecular flexibility index (Phi) is 13.5. The van der Waals surface area contributed by atoms with Crippen LogP contribution in [0.1, 0.15) is 0 Å². The average Bonchev–Trinajstić information content (AvgIpc) is 3.04. The number of hydrogen-bond donors (Lipinski definition) is 0. The van der Waals surface area contributed by atoms with Gasteiger partial charge in [0.15, 0.2) is 0 Å². The number of pyridine rings is 3. The topological polar surface area (TPSA) is 38.7 Å². The maximum atomic E-state index is 13.2. The maximum Gasteiger partial charge on any atom is 0.0273 e. The van der Waals surface area contributed by atoms with Crippen LogP contribution >= 0.6 is 9.58 Å². The molecule has 9 heteroatoms. The first-order valence-corrected chi connectivity index (χ1v) is 15.1. The minimum absolute atomic E-state index is 0.187. The number of nitrogens with zero attached hydrogens (tertiary/aromatic N) is 3. The van der Waals surface area contributed by atoms with Crippen LogP contribution in [-0.4, -0.2) is 15.0 Å². The van der Waals surface area contributed by atoms with Crippen molar-refractivity contribution < 1.29 is 35.5 Å². The standard InChI is InChI=1S/2C11H6F2N.C11H9N.ClH.Ir/c2*12-8-4-5-9(10(13)7-8)11-3-1-2-6-14-11;1-2-4-10(5-3-1)11-6-8-12-9-7-11;;/h2*1-4,6-7H;1-9H;1H;/q2*-1;;;+3/p-1. The van der Waals surface area contributed by atoms with Crippen LogP contribution in [0.25, 0.3) is 33.6 Å². The third-order valence-corrected chi connectivity index (χ3v) is 5.35. The van der Waals surface area contributed by atoms with E-state index in [2.05, 4.69) is 48.8 Å². The molecule has 0 saturated heterocycles. The van der Waals surface area contributed by atoms with Gasteiger partial charge in [-0.25, -0.2) is 0 Å². The monoisotopic (exact) mass is 763 g/mol. The van der Waals surface area contributed by atoms with Gasteiger partial charge >= 0.3 is 27.5 Å². The zero-order valence-corrected chi connectivity index (χ0v) is 24.8. The zero-order valence-electron chi connectivity index (χ0n) is 21.7. The van der Waals surface area contributed by atoms with Gasteiger partial charge in [0.2, 0.25) is 0 Å². The van der Waals surface area contributed by atoms with E-state index in [0.29, 0.717) is 11.4 Å². The Morgan fingerprint density at radius 2 is 0.952 bits per heavy atom. The number of rotatable bonds is 3. The second-order valence-corrected chi connectivity index (χ2v) is 8.11. The third kappa shape index (κ3) is 10.00. The van der Waals surface area contributed by atoms with E-state index in [1.54, 1.807) is 48.8 Å². The molecule has 3 aromatic heterocycles. The van der Waals surface area contributed by atoms with E-state index in [-0.39, 0.29) is 11.1 Å². The molecule has 0 aliphatic heterocycles. The van der Waals surface area contributed by atoms with Crippen LogP contribution in [-0.2, 0) is 17.9 Å². The van der Waals surface area contributed by atoms with E-state index in [1.165, 1.54) is 29.0 Å². The van der Waals surface area contributed by atoms with Gasteiger partial charge in [0, 0.05) is 48.1 Å². The molecule has 0 amide bonds. The third-order valence-electron chi connectivity index (χ3n) is 5.35. The Hall–Kier alpha value is -4.23. The molecule has 212 valence electrons. The molecule has 0 bridgehead atoms. The number of halogens is 5. The van der Waals surface area contributed by atoms with Gasteiger partial charge in [0.1, 0.15) is 0 Å². The Labute approximate surface area is 256 Å². The van der Waals surface area contributed by atoms with Gasteiger partial charge in [0.05, 0.1) is 0 Å². The summed E-state index contributed by atoms with van der Waals surface area (Å²) >= 11 is 1.47. The van der Waals surface area contributed by atoms with Crippen LogP contribution in [0.4, 0.5) is 17.6 Å². The minimum Gasteiger partial charge on any atom is -0.265 e. The SMILES string of the molecule is Fc1c[c-]c(-c2ccccn2)c(F)c1.Fc1c[c-]c(-c2ccccn2)c(F)c1.[Cl][Ir+2].c1ccc(-c2ccncc2)cc1. The van der Waals surface area contributed by atoms with E-state index in [4.69, 9.17) is 0 Å². The molecule has 0 unspecified atom stereocenters. The second-order valence-electron chi connectivity index (χ2n) is 8.11. The molecule has 0 aliphatic carbocycles. The second kappa shape index (κ2) is 17.6. The molecule has 3 heterocycles. The minimum atomic E-state index is -0.649. The van der Waals surface area contributed by atoms with Crippen molar-refractivity contribution in [1.29, 1.82) is 0 Å². The van der Waals surface area contributed by atoms with Gasteiger partial charge in [-0.3, -0.25) is 22.5 Å². The first-order valence-electron chi connectivity index (χ1n) is 12.2. The summed E-state index contributed by atoms with van der Waals surface area (Å²) in [6.45, 7) is 0. The van der Waals surface area contributed by atoms with E-state index in [1.807, 2.05) is 42.7 Å². The summed E-state index contributed by atoms with van der Waals surface area (Å²) in [4.78, 5) is 11.9. The molecule has 6 rings (SSSR count). The molecule has 42 heavy (non-hydrogen) atoms. The molecule has 0 fully saturated rings. The van der Waals surface area contributed by atoms with Gasteiger partial charge in [-0.15, -0.1) is 24.3 Å². The fourth-order valence-corrected chi connectivity index (χ4v) is 3.48. The summed E-state index contributed by atoms with van der Waals surface area (Å²) in [5.41, 5.74) is 3.72. The predicted octanol–water partition coefficient (Wildman–Crippen LogP) is 9.09. The molecule has 0 aliphatic rings. The fourth-order valence-electron chi connectivity index (χ4n) is 3.48. The summed E-state index contributed by atoms with van der Waals surface area (Å²) in [7, 11) is 4.64. The summed E-state index contributed by atoms with van der Waals surface area (Å²) in [5, 5.41) is 0. The molecule has 3 aromatic carbocycles. The quantitative estimate of drug-likeness (QED) is 0.134. The Morgan fingerprint density at radius 3 is 1.36 bits per heavy atom. The first kappa shape index (κ1) is 32.3. The number of benzene rings is 3. The van der Waals surface area contributed by atoms with Gasteiger partial charge in [0.25, 0.3) is 0 Å². The van der Waals surface area contributed by atoms with Crippen molar-refractivity contribution in [3.63, 3.8) is 0 Å².